The van der Waals surface area contributed by atoms with Crippen LogP contribution in [-0.2, 0) is 15.0 Å². The Morgan fingerprint density at radius 2 is 1.77 bits per heavy atom. The van der Waals surface area contributed by atoms with Crippen LogP contribution in [0.4, 0.5) is 4.39 Å². The van der Waals surface area contributed by atoms with Crippen molar-refractivity contribution in [2.45, 2.75) is 31.1 Å². The Labute approximate surface area is 129 Å². The average Bonchev–Trinajstić information content (AvgIpc) is 3.36. The summed E-state index contributed by atoms with van der Waals surface area (Å²) in [7, 11) is 1.65. The molecule has 1 aromatic carbocycles. The zero-order chi connectivity index (χ0) is 15.7. The van der Waals surface area contributed by atoms with Crippen molar-refractivity contribution in [1.29, 1.82) is 0 Å². The van der Waals surface area contributed by atoms with Crippen molar-refractivity contribution in [3.63, 3.8) is 0 Å². The number of halogens is 1. The minimum Gasteiger partial charge on any atom is -0.359 e. The van der Waals surface area contributed by atoms with Crippen LogP contribution in [0.5, 0.6) is 0 Å². The standard InChI is InChI=1S/C17H21FN2O2/c1-19-15(21)12-6-10-20(11-7-12)16(22)17(8-9-17)13-2-4-14(18)5-3-13/h2-5,12H,6-11H2,1H3,(H,19,21). The third-order valence-electron chi connectivity index (χ3n) is 4.96. The summed E-state index contributed by atoms with van der Waals surface area (Å²) >= 11 is 0. The molecule has 0 spiro atoms. The number of amides is 2. The molecule has 5 heteroatoms. The lowest BCUT2D eigenvalue weighted by molar-refractivity contribution is -0.137. The van der Waals surface area contributed by atoms with Crippen LogP contribution in [0.3, 0.4) is 0 Å². The first-order chi connectivity index (χ1) is 10.6. The van der Waals surface area contributed by atoms with Gasteiger partial charge < -0.3 is 10.2 Å². The predicted octanol–water partition coefficient (Wildman–Crippen LogP) is 1.84. The summed E-state index contributed by atoms with van der Waals surface area (Å²) < 4.78 is 13.1. The maximum Gasteiger partial charge on any atom is 0.233 e. The van der Waals surface area contributed by atoms with Gasteiger partial charge in [-0.05, 0) is 43.4 Å². The molecule has 2 amide bonds. The summed E-state index contributed by atoms with van der Waals surface area (Å²) in [6, 6.07) is 6.27. The molecule has 1 N–H and O–H groups in total. The number of carbonyl (C=O) groups is 2. The predicted molar refractivity (Wildman–Crippen MR) is 80.7 cm³/mol. The Morgan fingerprint density at radius 1 is 1.18 bits per heavy atom. The third-order valence-corrected chi connectivity index (χ3v) is 4.96. The van der Waals surface area contributed by atoms with E-state index in [1.54, 1.807) is 19.2 Å². The topological polar surface area (TPSA) is 49.4 Å². The SMILES string of the molecule is CNC(=O)C1CCN(C(=O)C2(c3ccc(F)cc3)CC2)CC1. The van der Waals surface area contributed by atoms with E-state index in [0.29, 0.717) is 25.9 Å². The molecule has 1 aromatic rings. The monoisotopic (exact) mass is 304 g/mol. The summed E-state index contributed by atoms with van der Waals surface area (Å²) in [6.45, 7) is 1.25. The largest absolute Gasteiger partial charge is 0.359 e. The molecule has 0 bridgehead atoms. The number of hydrogen-bond acceptors (Lipinski definition) is 2. The molecular weight excluding hydrogens is 283 g/mol. The molecule has 0 atom stereocenters. The molecule has 118 valence electrons. The van der Waals surface area contributed by atoms with Gasteiger partial charge in [-0.25, -0.2) is 4.39 Å². The van der Waals surface area contributed by atoms with Gasteiger partial charge in [0.15, 0.2) is 0 Å². The van der Waals surface area contributed by atoms with Crippen LogP contribution in [0.2, 0.25) is 0 Å². The van der Waals surface area contributed by atoms with Gasteiger partial charge in [-0.1, -0.05) is 12.1 Å². The number of benzene rings is 1. The second-order valence-corrected chi connectivity index (χ2v) is 6.27. The summed E-state index contributed by atoms with van der Waals surface area (Å²) in [5.74, 6) is -0.0744. The van der Waals surface area contributed by atoms with Crippen LogP contribution in [0.25, 0.3) is 0 Å². The number of hydrogen-bond donors (Lipinski definition) is 1. The van der Waals surface area contributed by atoms with E-state index in [1.807, 2.05) is 4.90 Å². The van der Waals surface area contributed by atoms with Gasteiger partial charge in [-0.15, -0.1) is 0 Å². The van der Waals surface area contributed by atoms with Crippen LogP contribution in [-0.4, -0.2) is 36.9 Å². The molecule has 3 rings (SSSR count). The Hall–Kier alpha value is -1.91. The third kappa shape index (κ3) is 2.60. The van der Waals surface area contributed by atoms with Gasteiger partial charge in [-0.3, -0.25) is 9.59 Å². The molecule has 0 aromatic heterocycles. The Bertz CT molecular complexity index is 573. The van der Waals surface area contributed by atoms with Crippen LogP contribution in [0, 0.1) is 11.7 Å². The van der Waals surface area contributed by atoms with Crippen molar-refractivity contribution in [3.8, 4) is 0 Å². The summed E-state index contributed by atoms with van der Waals surface area (Å²) in [5, 5.41) is 2.67. The van der Waals surface area contributed by atoms with Gasteiger partial charge >= 0.3 is 0 Å². The second-order valence-electron chi connectivity index (χ2n) is 6.27. The fourth-order valence-corrected chi connectivity index (χ4v) is 3.37. The van der Waals surface area contributed by atoms with Crippen LogP contribution < -0.4 is 5.32 Å². The highest BCUT2D eigenvalue weighted by molar-refractivity contribution is 5.91. The molecule has 1 heterocycles. The molecule has 1 saturated carbocycles. The fourth-order valence-electron chi connectivity index (χ4n) is 3.37. The Kier molecular flexibility index (Phi) is 3.89. The van der Waals surface area contributed by atoms with E-state index in [4.69, 9.17) is 0 Å². The molecule has 0 unspecified atom stereocenters. The van der Waals surface area contributed by atoms with Crippen molar-refractivity contribution in [1.82, 2.24) is 10.2 Å². The van der Waals surface area contributed by atoms with Crippen LogP contribution >= 0.6 is 0 Å². The molecule has 1 saturated heterocycles. The lowest BCUT2D eigenvalue weighted by Crippen LogP contribution is -2.46. The zero-order valence-electron chi connectivity index (χ0n) is 12.8. The minimum absolute atomic E-state index is 0.00928. The van der Waals surface area contributed by atoms with Crippen molar-refractivity contribution in [2.75, 3.05) is 20.1 Å². The number of rotatable bonds is 3. The molecular formula is C17H21FN2O2. The number of nitrogens with zero attached hydrogens (tertiary/aromatic N) is 1. The highest BCUT2D eigenvalue weighted by Gasteiger charge is 2.53. The smallest absolute Gasteiger partial charge is 0.233 e. The van der Waals surface area contributed by atoms with Crippen molar-refractivity contribution >= 4 is 11.8 Å². The first-order valence-electron chi connectivity index (χ1n) is 7.84. The van der Waals surface area contributed by atoms with Crippen molar-refractivity contribution < 1.29 is 14.0 Å². The second kappa shape index (κ2) is 5.71. The van der Waals surface area contributed by atoms with Crippen LogP contribution in [0.1, 0.15) is 31.2 Å². The number of likely N-dealkylation sites (tertiary alicyclic amines) is 1. The molecule has 0 radical (unpaired) electrons. The van der Waals surface area contributed by atoms with E-state index >= 15 is 0 Å². The molecule has 1 aliphatic heterocycles. The fraction of sp³-hybridized carbons (Fsp3) is 0.529. The molecule has 2 fully saturated rings. The van der Waals surface area contributed by atoms with E-state index in [-0.39, 0.29) is 23.5 Å². The molecule has 22 heavy (non-hydrogen) atoms. The van der Waals surface area contributed by atoms with E-state index < -0.39 is 5.41 Å². The van der Waals surface area contributed by atoms with Crippen molar-refractivity contribution in [2.24, 2.45) is 5.92 Å². The Morgan fingerprint density at radius 3 is 2.27 bits per heavy atom. The quantitative estimate of drug-likeness (QED) is 0.926. The van der Waals surface area contributed by atoms with E-state index in [9.17, 15) is 14.0 Å². The van der Waals surface area contributed by atoms with Gasteiger partial charge in [0.05, 0.1) is 5.41 Å². The van der Waals surface area contributed by atoms with Gasteiger partial charge in [0, 0.05) is 26.1 Å². The van der Waals surface area contributed by atoms with Gasteiger partial charge in [-0.2, -0.15) is 0 Å². The summed E-state index contributed by atoms with van der Waals surface area (Å²) in [4.78, 5) is 26.4. The highest BCUT2D eigenvalue weighted by Crippen LogP contribution is 2.50. The first kappa shape index (κ1) is 15.0. The first-order valence-corrected chi connectivity index (χ1v) is 7.84. The number of nitrogens with one attached hydrogen (secondary N) is 1. The Balaban J connectivity index is 1.67. The summed E-state index contributed by atoms with van der Waals surface area (Å²) in [6.07, 6.45) is 3.08. The maximum absolute atomic E-state index is 13.1. The maximum atomic E-state index is 13.1. The van der Waals surface area contributed by atoms with Gasteiger partial charge in [0.25, 0.3) is 0 Å². The highest BCUT2D eigenvalue weighted by atomic mass is 19.1. The van der Waals surface area contributed by atoms with E-state index in [0.717, 1.165) is 18.4 Å². The number of piperidine rings is 1. The normalized spacial score (nSPS) is 20.5. The van der Waals surface area contributed by atoms with Crippen LogP contribution in [0.15, 0.2) is 24.3 Å². The molecule has 4 nitrogen and oxygen atoms in total. The van der Waals surface area contributed by atoms with E-state index in [1.165, 1.54) is 12.1 Å². The van der Waals surface area contributed by atoms with Gasteiger partial charge in [0.2, 0.25) is 11.8 Å². The number of carbonyl (C=O) groups excluding carboxylic acids is 2. The van der Waals surface area contributed by atoms with Gasteiger partial charge in [0.1, 0.15) is 5.82 Å². The minimum atomic E-state index is -0.451. The van der Waals surface area contributed by atoms with Crippen molar-refractivity contribution in [3.05, 3.63) is 35.6 Å². The van der Waals surface area contributed by atoms with E-state index in [2.05, 4.69) is 5.32 Å². The zero-order valence-corrected chi connectivity index (χ0v) is 12.8. The summed E-state index contributed by atoms with van der Waals surface area (Å²) in [5.41, 5.74) is 0.459. The molecule has 2 aliphatic rings. The molecule has 1 aliphatic carbocycles. The lowest BCUT2D eigenvalue weighted by Gasteiger charge is -2.34. The average molecular weight is 304 g/mol. The lowest BCUT2D eigenvalue weighted by atomic mass is 9.91.